The molecule has 2 heterocycles. The molecule has 0 aliphatic carbocycles. The number of amides is 1. The highest BCUT2D eigenvalue weighted by molar-refractivity contribution is 6.30. The van der Waals surface area contributed by atoms with Gasteiger partial charge in [-0.15, -0.1) is 0 Å². The summed E-state index contributed by atoms with van der Waals surface area (Å²) in [6, 6.07) is 11.4. The lowest BCUT2D eigenvalue weighted by Gasteiger charge is -2.07. The number of rotatable bonds is 4. The molecule has 0 unspecified atom stereocenters. The summed E-state index contributed by atoms with van der Waals surface area (Å²) < 4.78 is 1.85. The third kappa shape index (κ3) is 3.22. The van der Waals surface area contributed by atoms with Crippen LogP contribution in [0.4, 0.5) is 0 Å². The van der Waals surface area contributed by atoms with Crippen molar-refractivity contribution in [1.29, 1.82) is 0 Å². The van der Waals surface area contributed by atoms with Crippen molar-refractivity contribution in [3.63, 3.8) is 0 Å². The van der Waals surface area contributed by atoms with Crippen LogP contribution in [-0.4, -0.2) is 15.3 Å². The molecule has 1 N–H and O–H groups in total. The van der Waals surface area contributed by atoms with Crippen molar-refractivity contribution >= 4 is 23.2 Å². The Labute approximate surface area is 140 Å². The second-order valence-corrected chi connectivity index (χ2v) is 5.94. The van der Waals surface area contributed by atoms with Crippen LogP contribution in [0, 0.1) is 6.92 Å². The van der Waals surface area contributed by atoms with E-state index >= 15 is 0 Å². The zero-order valence-electron chi connectivity index (χ0n) is 13.1. The summed E-state index contributed by atoms with van der Waals surface area (Å²) in [6.45, 7) is 4.48. The number of imidazole rings is 1. The minimum atomic E-state index is -0.117. The van der Waals surface area contributed by atoms with E-state index in [4.69, 9.17) is 11.6 Å². The zero-order valence-corrected chi connectivity index (χ0v) is 13.9. The maximum atomic E-state index is 12.6. The average molecular weight is 328 g/mol. The van der Waals surface area contributed by atoms with Crippen LogP contribution in [0.15, 0.2) is 42.6 Å². The van der Waals surface area contributed by atoms with E-state index in [9.17, 15) is 4.79 Å². The van der Waals surface area contributed by atoms with Gasteiger partial charge in [0.25, 0.3) is 5.91 Å². The molecule has 1 aromatic carbocycles. The van der Waals surface area contributed by atoms with Crippen molar-refractivity contribution in [2.24, 2.45) is 0 Å². The van der Waals surface area contributed by atoms with E-state index in [1.807, 2.05) is 60.8 Å². The first-order chi connectivity index (χ1) is 11.1. The Balaban J connectivity index is 1.86. The quantitative estimate of drug-likeness (QED) is 0.792. The molecule has 0 saturated carbocycles. The molecule has 3 rings (SSSR count). The molecule has 0 bridgehead atoms. The first-order valence-electron chi connectivity index (χ1n) is 7.58. The molecule has 0 aliphatic rings. The SMILES string of the molecule is CCc1nc2cc(C)ccn2c1C(=O)NCc1ccc(Cl)cc1. The second kappa shape index (κ2) is 6.42. The van der Waals surface area contributed by atoms with Gasteiger partial charge < -0.3 is 5.32 Å². The van der Waals surface area contributed by atoms with Gasteiger partial charge in [-0.1, -0.05) is 30.7 Å². The molecule has 0 fully saturated rings. The molecule has 4 nitrogen and oxygen atoms in total. The fraction of sp³-hybridized carbons (Fsp3) is 0.222. The van der Waals surface area contributed by atoms with Gasteiger partial charge in [-0.25, -0.2) is 4.98 Å². The van der Waals surface area contributed by atoms with Crippen LogP contribution in [0.1, 0.15) is 34.2 Å². The van der Waals surface area contributed by atoms with E-state index < -0.39 is 0 Å². The number of aryl methyl sites for hydroxylation is 2. The van der Waals surface area contributed by atoms with Crippen LogP contribution in [-0.2, 0) is 13.0 Å². The average Bonchev–Trinajstić information content (AvgIpc) is 2.91. The Bertz CT molecular complexity index is 853. The lowest BCUT2D eigenvalue weighted by molar-refractivity contribution is 0.0944. The summed E-state index contributed by atoms with van der Waals surface area (Å²) >= 11 is 5.87. The van der Waals surface area contributed by atoms with Crippen molar-refractivity contribution in [2.75, 3.05) is 0 Å². The molecular weight excluding hydrogens is 310 g/mol. The predicted molar refractivity (Wildman–Crippen MR) is 91.9 cm³/mol. The Kier molecular flexibility index (Phi) is 4.35. The number of nitrogens with zero attached hydrogens (tertiary/aromatic N) is 2. The van der Waals surface area contributed by atoms with Gasteiger partial charge in [-0.05, 0) is 48.7 Å². The minimum absolute atomic E-state index is 0.117. The number of pyridine rings is 1. The van der Waals surface area contributed by atoms with E-state index in [1.54, 1.807) is 0 Å². The van der Waals surface area contributed by atoms with Crippen molar-refractivity contribution < 1.29 is 4.79 Å². The lowest BCUT2D eigenvalue weighted by atomic mass is 10.2. The normalized spacial score (nSPS) is 10.9. The molecule has 2 aromatic heterocycles. The highest BCUT2D eigenvalue weighted by atomic mass is 35.5. The van der Waals surface area contributed by atoms with Crippen molar-refractivity contribution in [3.05, 3.63) is 70.1 Å². The third-order valence-corrected chi connectivity index (χ3v) is 4.02. The van der Waals surface area contributed by atoms with E-state index in [2.05, 4.69) is 10.3 Å². The van der Waals surface area contributed by atoms with E-state index in [1.165, 1.54) is 0 Å². The molecule has 23 heavy (non-hydrogen) atoms. The molecule has 3 aromatic rings. The van der Waals surface area contributed by atoms with Crippen LogP contribution in [0.25, 0.3) is 5.65 Å². The maximum Gasteiger partial charge on any atom is 0.270 e. The smallest absolute Gasteiger partial charge is 0.270 e. The molecule has 0 saturated heterocycles. The Morgan fingerprint density at radius 2 is 2.00 bits per heavy atom. The van der Waals surface area contributed by atoms with Gasteiger partial charge in [0.2, 0.25) is 0 Å². The van der Waals surface area contributed by atoms with Crippen LogP contribution in [0.5, 0.6) is 0 Å². The number of carbonyl (C=O) groups excluding carboxylic acids is 1. The number of aromatic nitrogens is 2. The van der Waals surface area contributed by atoms with Gasteiger partial charge in [-0.3, -0.25) is 9.20 Å². The summed E-state index contributed by atoms with van der Waals surface area (Å²) in [4.78, 5) is 17.2. The summed E-state index contributed by atoms with van der Waals surface area (Å²) in [5.74, 6) is -0.117. The number of hydrogen-bond donors (Lipinski definition) is 1. The first-order valence-corrected chi connectivity index (χ1v) is 7.96. The molecule has 0 radical (unpaired) electrons. The molecule has 0 aliphatic heterocycles. The second-order valence-electron chi connectivity index (χ2n) is 5.50. The van der Waals surface area contributed by atoms with Crippen molar-refractivity contribution in [2.45, 2.75) is 26.8 Å². The van der Waals surface area contributed by atoms with Crippen LogP contribution in [0.3, 0.4) is 0 Å². The summed E-state index contributed by atoms with van der Waals surface area (Å²) in [5, 5.41) is 3.65. The highest BCUT2D eigenvalue weighted by Gasteiger charge is 2.17. The monoisotopic (exact) mass is 327 g/mol. The van der Waals surface area contributed by atoms with Gasteiger partial charge >= 0.3 is 0 Å². The van der Waals surface area contributed by atoms with Gasteiger partial charge in [-0.2, -0.15) is 0 Å². The highest BCUT2D eigenvalue weighted by Crippen LogP contribution is 2.15. The van der Waals surface area contributed by atoms with Gasteiger partial charge in [0.15, 0.2) is 0 Å². The molecule has 1 amide bonds. The lowest BCUT2D eigenvalue weighted by Crippen LogP contribution is -2.25. The van der Waals surface area contributed by atoms with E-state index in [0.717, 1.165) is 22.5 Å². The maximum absolute atomic E-state index is 12.6. The van der Waals surface area contributed by atoms with Gasteiger partial charge in [0.1, 0.15) is 11.3 Å². The summed E-state index contributed by atoms with van der Waals surface area (Å²) in [5.41, 5.74) is 4.35. The molecule has 5 heteroatoms. The summed E-state index contributed by atoms with van der Waals surface area (Å²) in [6.07, 6.45) is 2.61. The molecule has 118 valence electrons. The number of hydrogen-bond acceptors (Lipinski definition) is 2. The standard InChI is InChI=1S/C18H18ClN3O/c1-3-15-17(22-9-8-12(2)10-16(22)21-15)18(23)20-11-13-4-6-14(19)7-5-13/h4-10H,3,11H2,1-2H3,(H,20,23). The zero-order chi connectivity index (χ0) is 16.4. The predicted octanol–water partition coefficient (Wildman–Crippen LogP) is 3.79. The fourth-order valence-corrected chi connectivity index (χ4v) is 2.68. The molecule has 0 atom stereocenters. The number of benzene rings is 1. The Morgan fingerprint density at radius 3 is 2.70 bits per heavy atom. The minimum Gasteiger partial charge on any atom is -0.347 e. The van der Waals surface area contributed by atoms with Crippen molar-refractivity contribution in [1.82, 2.24) is 14.7 Å². The Morgan fingerprint density at radius 1 is 1.26 bits per heavy atom. The number of halogens is 1. The van der Waals surface area contributed by atoms with Crippen LogP contribution in [0.2, 0.25) is 5.02 Å². The van der Waals surface area contributed by atoms with Crippen molar-refractivity contribution in [3.8, 4) is 0 Å². The van der Waals surface area contributed by atoms with Crippen LogP contribution < -0.4 is 5.32 Å². The summed E-state index contributed by atoms with van der Waals surface area (Å²) in [7, 11) is 0. The number of fused-ring (bicyclic) bond motifs is 1. The van der Waals surface area contributed by atoms with E-state index in [-0.39, 0.29) is 5.91 Å². The first kappa shape index (κ1) is 15.6. The van der Waals surface area contributed by atoms with Crippen LogP contribution >= 0.6 is 11.6 Å². The Hall–Kier alpha value is -2.33. The molecule has 0 spiro atoms. The molecular formula is C18H18ClN3O. The largest absolute Gasteiger partial charge is 0.347 e. The van der Waals surface area contributed by atoms with Gasteiger partial charge in [0, 0.05) is 17.8 Å². The van der Waals surface area contributed by atoms with Gasteiger partial charge in [0.05, 0.1) is 5.69 Å². The van der Waals surface area contributed by atoms with E-state index in [0.29, 0.717) is 23.7 Å². The topological polar surface area (TPSA) is 46.4 Å². The number of carbonyl (C=O) groups is 1. The number of nitrogens with one attached hydrogen (secondary N) is 1. The fourth-order valence-electron chi connectivity index (χ4n) is 2.55. The third-order valence-electron chi connectivity index (χ3n) is 3.77.